The Hall–Kier alpha value is -4.20. The van der Waals surface area contributed by atoms with E-state index in [9.17, 15) is 27.6 Å². The fraction of sp³-hybridized carbons (Fsp3) is 0.375. The van der Waals surface area contributed by atoms with Crippen molar-refractivity contribution >= 4 is 17.6 Å². The van der Waals surface area contributed by atoms with Crippen LogP contribution in [0.3, 0.4) is 0 Å². The Morgan fingerprint density at radius 3 is 2.55 bits per heavy atom. The second-order valence-corrected chi connectivity index (χ2v) is 8.55. The number of fused-ring (bicyclic) bond motifs is 1. The molecule has 11 nitrogen and oxygen atoms in total. The zero-order chi connectivity index (χ0) is 27.6. The van der Waals surface area contributed by atoms with Gasteiger partial charge >= 0.3 is 11.9 Å². The van der Waals surface area contributed by atoms with Crippen LogP contribution in [0.5, 0.6) is 0 Å². The molecule has 0 aliphatic rings. The third-order valence-corrected chi connectivity index (χ3v) is 5.91. The van der Waals surface area contributed by atoms with Gasteiger partial charge in [-0.3, -0.25) is 28.0 Å². The molecule has 0 spiro atoms. The minimum atomic E-state index is -4.47. The summed E-state index contributed by atoms with van der Waals surface area (Å²) in [5.74, 6) is 0.238. The van der Waals surface area contributed by atoms with E-state index in [0.717, 1.165) is 21.8 Å². The van der Waals surface area contributed by atoms with Crippen molar-refractivity contribution in [2.45, 2.75) is 52.8 Å². The smallest absolute Gasteiger partial charge is 0.291 e. The van der Waals surface area contributed by atoms with Crippen LogP contribution in [-0.4, -0.2) is 47.0 Å². The number of hydroxylamine groups is 2. The lowest BCUT2D eigenvalue weighted by Gasteiger charge is -2.14. The molecule has 3 heterocycles. The Morgan fingerprint density at radius 2 is 1.89 bits per heavy atom. The van der Waals surface area contributed by atoms with Crippen LogP contribution in [0, 0.1) is 0 Å². The highest BCUT2D eigenvalue weighted by Crippen LogP contribution is 2.30. The summed E-state index contributed by atoms with van der Waals surface area (Å²) in [6, 6.07) is 4.93. The lowest BCUT2D eigenvalue weighted by molar-refractivity contribution is -0.176. The van der Waals surface area contributed by atoms with Gasteiger partial charge < -0.3 is 0 Å². The number of aromatic nitrogens is 6. The maximum atomic E-state index is 13.4. The highest BCUT2D eigenvalue weighted by atomic mass is 19.4. The topological polar surface area (TPSA) is 109 Å². The number of carbonyl (C=O) groups excluding carboxylic acids is 1. The van der Waals surface area contributed by atoms with Gasteiger partial charge in [0, 0.05) is 26.3 Å². The van der Waals surface area contributed by atoms with Crippen LogP contribution >= 0.6 is 0 Å². The minimum Gasteiger partial charge on any atom is -0.291 e. The van der Waals surface area contributed by atoms with Crippen molar-refractivity contribution in [3.8, 4) is 11.4 Å². The lowest BCUT2D eigenvalue weighted by Crippen LogP contribution is -2.40. The predicted octanol–water partition coefficient (Wildman–Crippen LogP) is 2.70. The molecule has 0 N–H and O–H groups in total. The van der Waals surface area contributed by atoms with E-state index in [4.69, 9.17) is 4.84 Å². The Kier molecular flexibility index (Phi) is 7.53. The molecule has 0 saturated carbocycles. The van der Waals surface area contributed by atoms with E-state index < -0.39 is 23.0 Å². The molecule has 0 fully saturated rings. The Morgan fingerprint density at radius 1 is 1.13 bits per heavy atom. The molecule has 1 amide bonds. The first-order valence-corrected chi connectivity index (χ1v) is 11.8. The highest BCUT2D eigenvalue weighted by Gasteiger charge is 2.30. The quantitative estimate of drug-likeness (QED) is 0.229. The molecule has 4 aromatic rings. The van der Waals surface area contributed by atoms with Crippen LogP contribution in [0.2, 0.25) is 0 Å². The summed E-state index contributed by atoms with van der Waals surface area (Å²) in [5, 5.41) is 5.18. The molecule has 1 aromatic carbocycles. The number of rotatable bonds is 10. The van der Waals surface area contributed by atoms with Crippen LogP contribution in [-0.2, 0) is 42.2 Å². The number of alkyl halides is 3. The van der Waals surface area contributed by atoms with Gasteiger partial charge in [0.2, 0.25) is 6.41 Å². The lowest BCUT2D eigenvalue weighted by atomic mass is 10.1. The van der Waals surface area contributed by atoms with E-state index in [1.807, 2.05) is 6.92 Å². The summed E-state index contributed by atoms with van der Waals surface area (Å²) in [5.41, 5.74) is -0.726. The Labute approximate surface area is 214 Å². The molecule has 0 radical (unpaired) electrons. The van der Waals surface area contributed by atoms with Gasteiger partial charge in [-0.2, -0.15) is 18.3 Å². The second kappa shape index (κ2) is 10.7. The number of hydrogen-bond acceptors (Lipinski definition) is 6. The Balaban J connectivity index is 1.83. The summed E-state index contributed by atoms with van der Waals surface area (Å²) in [6.07, 6.45) is -0.444. The monoisotopic (exact) mass is 533 g/mol. The average molecular weight is 534 g/mol. The fourth-order valence-electron chi connectivity index (χ4n) is 4.12. The zero-order valence-corrected chi connectivity index (χ0v) is 21.0. The molecule has 0 aliphatic carbocycles. The van der Waals surface area contributed by atoms with Gasteiger partial charge in [0.25, 0.3) is 5.56 Å². The predicted molar refractivity (Wildman–Crippen MR) is 131 cm³/mol. The third kappa shape index (κ3) is 5.11. The maximum Gasteiger partial charge on any atom is 0.416 e. The highest BCUT2D eigenvalue weighted by molar-refractivity contribution is 5.76. The number of nitrogens with zero attached hydrogens (tertiary/aromatic N) is 7. The summed E-state index contributed by atoms with van der Waals surface area (Å²) in [7, 11) is 1.39. The standard InChI is InChI=1S/C24H26F3N7O4/c1-4-9-33-22(36)19-21(32(5-2)23(33)37)29-20(34(19)15-38-30(3)14-35)17-11-28-31(13-17)12-16-7-6-8-18(10-16)24(25,26)27/h6-8,10-11,13-14H,4-5,9,12,15H2,1-3H3. The van der Waals surface area contributed by atoms with Gasteiger partial charge in [0.05, 0.1) is 23.9 Å². The zero-order valence-electron chi connectivity index (χ0n) is 21.0. The number of carbonyl (C=O) groups is 1. The number of imidazole rings is 1. The molecule has 4 rings (SSSR count). The molecule has 14 heteroatoms. The van der Waals surface area contributed by atoms with Crippen LogP contribution in [0.25, 0.3) is 22.6 Å². The molecule has 202 valence electrons. The second-order valence-electron chi connectivity index (χ2n) is 8.55. The van der Waals surface area contributed by atoms with Crippen molar-refractivity contribution in [1.29, 1.82) is 0 Å². The van der Waals surface area contributed by atoms with Crippen molar-refractivity contribution in [3.05, 3.63) is 68.6 Å². The van der Waals surface area contributed by atoms with Crippen molar-refractivity contribution in [2.24, 2.45) is 0 Å². The van der Waals surface area contributed by atoms with Crippen LogP contribution in [0.15, 0.2) is 46.2 Å². The normalized spacial score (nSPS) is 11.8. The fourth-order valence-corrected chi connectivity index (χ4v) is 4.12. The number of hydrogen-bond donors (Lipinski definition) is 0. The first-order valence-electron chi connectivity index (χ1n) is 11.8. The van der Waals surface area contributed by atoms with Crippen LogP contribution in [0.1, 0.15) is 31.4 Å². The van der Waals surface area contributed by atoms with E-state index in [1.54, 1.807) is 19.2 Å². The van der Waals surface area contributed by atoms with Crippen LogP contribution in [0.4, 0.5) is 13.2 Å². The minimum absolute atomic E-state index is 0.0531. The van der Waals surface area contributed by atoms with Gasteiger partial charge in [-0.1, -0.05) is 19.1 Å². The third-order valence-electron chi connectivity index (χ3n) is 5.91. The SMILES string of the molecule is CCCn1c(=O)c2c(nc(-c3cnn(Cc4cccc(C(F)(F)F)c4)c3)n2CON(C)C=O)n(CC)c1=O. The van der Waals surface area contributed by atoms with Gasteiger partial charge in [-0.25, -0.2) is 19.7 Å². The number of aryl methyl sites for hydroxylation is 1. The molecule has 0 saturated heterocycles. The number of benzene rings is 1. The van der Waals surface area contributed by atoms with Crippen molar-refractivity contribution in [3.63, 3.8) is 0 Å². The Bertz CT molecular complexity index is 1580. The summed E-state index contributed by atoms with van der Waals surface area (Å²) in [4.78, 5) is 47.5. The summed E-state index contributed by atoms with van der Waals surface area (Å²) >= 11 is 0. The largest absolute Gasteiger partial charge is 0.416 e. The molecule has 0 unspecified atom stereocenters. The van der Waals surface area contributed by atoms with Crippen LogP contribution < -0.4 is 11.2 Å². The first-order chi connectivity index (χ1) is 18.1. The summed E-state index contributed by atoms with van der Waals surface area (Å²) < 4.78 is 44.7. The molecule has 0 bridgehead atoms. The first kappa shape index (κ1) is 26.9. The van der Waals surface area contributed by atoms with Crippen molar-refractivity contribution in [2.75, 3.05) is 7.05 Å². The maximum absolute atomic E-state index is 13.4. The van der Waals surface area contributed by atoms with E-state index in [0.29, 0.717) is 24.0 Å². The molecule has 0 aliphatic heterocycles. The van der Waals surface area contributed by atoms with E-state index in [-0.39, 0.29) is 43.4 Å². The van der Waals surface area contributed by atoms with Crippen molar-refractivity contribution < 1.29 is 22.8 Å². The van der Waals surface area contributed by atoms with Gasteiger partial charge in [0.15, 0.2) is 17.9 Å². The molecular formula is C24H26F3N7O4. The van der Waals surface area contributed by atoms with E-state index in [2.05, 4.69) is 10.1 Å². The van der Waals surface area contributed by atoms with Gasteiger partial charge in [-0.05, 0) is 31.0 Å². The molecule has 38 heavy (non-hydrogen) atoms. The molecular weight excluding hydrogens is 507 g/mol. The summed E-state index contributed by atoms with van der Waals surface area (Å²) in [6.45, 7) is 3.83. The average Bonchev–Trinajstić information content (AvgIpc) is 3.49. The molecule has 0 atom stereocenters. The number of amides is 1. The van der Waals surface area contributed by atoms with E-state index in [1.165, 1.54) is 33.1 Å². The molecule has 3 aromatic heterocycles. The number of halogens is 3. The van der Waals surface area contributed by atoms with E-state index >= 15 is 0 Å². The van der Waals surface area contributed by atoms with Gasteiger partial charge in [-0.15, -0.1) is 0 Å². The van der Waals surface area contributed by atoms with Gasteiger partial charge in [0.1, 0.15) is 5.82 Å². The van der Waals surface area contributed by atoms with Crippen molar-refractivity contribution in [1.82, 2.24) is 33.5 Å².